The van der Waals surface area contributed by atoms with Gasteiger partial charge in [0.25, 0.3) is 23.3 Å². The Bertz CT molecular complexity index is 2180. The number of carbonyl (C=O) groups is 7. The predicted octanol–water partition coefficient (Wildman–Crippen LogP) is -1.67. The van der Waals surface area contributed by atoms with E-state index in [9.17, 15) is 43.8 Å². The molecular weight excluding hydrogens is 827 g/mol. The van der Waals surface area contributed by atoms with Crippen LogP contribution in [0.15, 0.2) is 49.1 Å². The molecule has 0 bridgehead atoms. The Morgan fingerprint density at radius 1 is 1.00 bits per heavy atom. The Morgan fingerprint density at radius 3 is 2.32 bits per heavy atom. The predicted molar refractivity (Wildman–Crippen MR) is 221 cm³/mol. The lowest BCUT2D eigenvalue weighted by Crippen LogP contribution is -2.67. The second kappa shape index (κ2) is 21.0. The molecular formula is C40H54N11O12+. The van der Waals surface area contributed by atoms with E-state index in [1.807, 2.05) is 0 Å². The number of aliphatic hydroxyl groups excluding tert-OH is 2. The second-order valence-corrected chi connectivity index (χ2v) is 15.4. The molecule has 5 rings (SSSR count). The molecule has 340 valence electrons. The van der Waals surface area contributed by atoms with Crippen LogP contribution in [0.1, 0.15) is 39.7 Å². The lowest BCUT2D eigenvalue weighted by atomic mass is 9.95. The van der Waals surface area contributed by atoms with Gasteiger partial charge in [0, 0.05) is 45.0 Å². The molecule has 2 aromatic heterocycles. The van der Waals surface area contributed by atoms with Crippen LogP contribution in [0, 0.1) is 5.92 Å². The summed E-state index contributed by atoms with van der Waals surface area (Å²) in [5.74, 6) is -3.24. The third-order valence-electron chi connectivity index (χ3n) is 10.6. The molecule has 23 heteroatoms. The Kier molecular flexibility index (Phi) is 15.8. The number of anilines is 2. The highest BCUT2D eigenvalue weighted by molar-refractivity contribution is 6.13. The largest absolute Gasteiger partial charge is 0.445 e. The fraction of sp³-hybridized carbons (Fsp3) is 0.500. The Labute approximate surface area is 361 Å². The van der Waals surface area contributed by atoms with Crippen LogP contribution in [0.4, 0.5) is 16.3 Å². The molecule has 1 saturated heterocycles. The number of methoxy groups -OCH3 is 1. The number of aromatic amines is 1. The van der Waals surface area contributed by atoms with Gasteiger partial charge in [-0.25, -0.2) is 14.3 Å². The normalized spacial score (nSPS) is 21.1. The smallest absolute Gasteiger partial charge is 0.410 e. The number of benzene rings is 1. The Morgan fingerprint density at radius 2 is 1.68 bits per heavy atom. The van der Waals surface area contributed by atoms with E-state index in [2.05, 4.69) is 41.5 Å². The van der Waals surface area contributed by atoms with E-state index in [4.69, 9.17) is 14.2 Å². The summed E-state index contributed by atoms with van der Waals surface area (Å²) in [6.45, 7) is 5.45. The standard InChI is InChI=1S/C40H53N11O12/c1-20(2)29(46-26(53)14-15-51-27(54)12-13-28(51)55)38(59)44-21(3)36(57)45-24-10-8-23(9-11-24)17-62-40(60)50(6)22(4)37(58)47-30-25(16-52)63-39(33(61-7)32(30)56)48-35-31-34(42-18-41-31)43-19-49(35)5/h8-13,18-22,25,29-30,32-33,39,52,56H,14-17H2,1-7H3,(H5,41,42,44,45,46,47,48,53,57,58,59)/p+1/t21-,22-,25-,29-,30-,32+,33-,39-/m0/s1. The number of amides is 7. The average molecular weight is 881 g/mol. The number of H-pyrrole nitrogens is 1. The number of imide groups is 1. The maximum Gasteiger partial charge on any atom is 0.410 e. The van der Waals surface area contributed by atoms with Crippen LogP contribution in [0.25, 0.3) is 11.2 Å². The maximum absolute atomic E-state index is 13.4. The fourth-order valence-electron chi connectivity index (χ4n) is 6.73. The summed E-state index contributed by atoms with van der Waals surface area (Å²) in [5, 5.41) is 35.3. The topological polar surface area (TPSA) is 300 Å². The number of rotatable bonds is 18. The van der Waals surface area contributed by atoms with Gasteiger partial charge >= 0.3 is 6.09 Å². The third kappa shape index (κ3) is 11.5. The van der Waals surface area contributed by atoms with Gasteiger partial charge in [0.15, 0.2) is 5.52 Å². The molecule has 3 aromatic rings. The number of aromatic nitrogens is 4. The van der Waals surface area contributed by atoms with E-state index in [0.717, 1.165) is 22.0 Å². The molecule has 0 unspecified atom stereocenters. The minimum Gasteiger partial charge on any atom is -0.445 e. The van der Waals surface area contributed by atoms with Gasteiger partial charge in [0.1, 0.15) is 43.0 Å². The van der Waals surface area contributed by atoms with Crippen molar-refractivity contribution in [3.63, 3.8) is 0 Å². The quantitative estimate of drug-likeness (QED) is 0.0524. The number of hydrogen-bond acceptors (Lipinski definition) is 15. The number of fused-ring (bicyclic) bond motifs is 1. The summed E-state index contributed by atoms with van der Waals surface area (Å²) in [4.78, 5) is 102. The van der Waals surface area contributed by atoms with Crippen molar-refractivity contribution in [3.8, 4) is 0 Å². The Balaban J connectivity index is 1.07. The number of aliphatic hydroxyl groups is 2. The molecule has 4 heterocycles. The summed E-state index contributed by atoms with van der Waals surface area (Å²) in [5.41, 5.74) is 1.93. The number of nitrogens with zero attached hydrogens (tertiary/aromatic N) is 5. The van der Waals surface area contributed by atoms with E-state index < -0.39 is 96.9 Å². The number of imidazole rings is 1. The zero-order valence-corrected chi connectivity index (χ0v) is 35.9. The summed E-state index contributed by atoms with van der Waals surface area (Å²) in [6, 6.07) is 2.11. The van der Waals surface area contributed by atoms with Crippen LogP contribution >= 0.6 is 0 Å². The molecule has 63 heavy (non-hydrogen) atoms. The van der Waals surface area contributed by atoms with Gasteiger partial charge in [-0.2, -0.15) is 0 Å². The molecule has 8 atom stereocenters. The molecule has 0 aliphatic carbocycles. The van der Waals surface area contributed by atoms with Gasteiger partial charge in [-0.15, -0.1) is 0 Å². The SMILES string of the molecule is CO[C@H]1[C@H](O)[C@@H](NC(=O)[C@H](C)N(C)C(=O)OCc2ccc(NC(=O)[C@H](C)NC(=O)[C@@H](NC(=O)CCN3C(=O)C=CC3=O)C(C)C)cc2)[C@H](CO)O[C@@H]1Nc1c2[nH]cnc2nc[n+]1C. The van der Waals surface area contributed by atoms with Crippen LogP contribution in [0.2, 0.25) is 0 Å². The number of nitrogens with one attached hydrogen (secondary N) is 6. The molecule has 0 saturated carbocycles. The second-order valence-electron chi connectivity index (χ2n) is 15.4. The summed E-state index contributed by atoms with van der Waals surface area (Å²) in [7, 11) is 4.47. The van der Waals surface area contributed by atoms with E-state index in [-0.39, 0.29) is 25.5 Å². The van der Waals surface area contributed by atoms with Crippen LogP contribution < -0.4 is 31.2 Å². The highest BCUT2D eigenvalue weighted by Gasteiger charge is 2.48. The number of ether oxygens (including phenoxy) is 3. The molecule has 1 fully saturated rings. The Hall–Kier alpha value is -6.56. The lowest BCUT2D eigenvalue weighted by Gasteiger charge is -2.43. The molecule has 2 aliphatic heterocycles. The van der Waals surface area contributed by atoms with Crippen molar-refractivity contribution in [1.29, 1.82) is 0 Å². The van der Waals surface area contributed by atoms with Crippen LogP contribution in [-0.2, 0) is 56.6 Å². The minimum atomic E-state index is -1.36. The van der Waals surface area contributed by atoms with Gasteiger partial charge in [0.05, 0.1) is 26.0 Å². The van der Waals surface area contributed by atoms with Gasteiger partial charge in [-0.3, -0.25) is 43.9 Å². The third-order valence-corrected chi connectivity index (χ3v) is 10.6. The van der Waals surface area contributed by atoms with E-state index in [1.165, 1.54) is 34.3 Å². The monoisotopic (exact) mass is 880 g/mol. The zero-order valence-electron chi connectivity index (χ0n) is 35.9. The van der Waals surface area contributed by atoms with Crippen molar-refractivity contribution < 1.29 is 62.6 Å². The van der Waals surface area contributed by atoms with Crippen molar-refractivity contribution in [3.05, 3.63) is 54.6 Å². The van der Waals surface area contributed by atoms with Gasteiger partial charge < -0.3 is 50.7 Å². The number of aryl methyl sites for hydroxylation is 1. The average Bonchev–Trinajstić information content (AvgIpc) is 3.87. The summed E-state index contributed by atoms with van der Waals surface area (Å²) >= 11 is 0. The molecule has 0 spiro atoms. The highest BCUT2D eigenvalue weighted by Crippen LogP contribution is 2.26. The van der Waals surface area contributed by atoms with Gasteiger partial charge in [-0.05, 0) is 37.5 Å². The highest BCUT2D eigenvalue weighted by atomic mass is 16.6. The molecule has 0 radical (unpaired) electrons. The van der Waals surface area contributed by atoms with E-state index in [0.29, 0.717) is 28.2 Å². The van der Waals surface area contributed by atoms with Crippen LogP contribution in [0.5, 0.6) is 0 Å². The number of hydrogen-bond donors (Lipinski definition) is 8. The first kappa shape index (κ1) is 47.5. The van der Waals surface area contributed by atoms with Crippen molar-refractivity contribution >= 4 is 64.2 Å². The minimum absolute atomic E-state index is 0.143. The summed E-state index contributed by atoms with van der Waals surface area (Å²) in [6.07, 6.45) is -0.221. The van der Waals surface area contributed by atoms with Crippen LogP contribution in [0.3, 0.4) is 0 Å². The first-order valence-corrected chi connectivity index (χ1v) is 20.1. The molecule has 2 aliphatic rings. The van der Waals surface area contributed by atoms with E-state index >= 15 is 0 Å². The molecule has 8 N–H and O–H groups in total. The van der Waals surface area contributed by atoms with Crippen molar-refractivity contribution in [2.24, 2.45) is 13.0 Å². The molecule has 1 aromatic carbocycles. The summed E-state index contributed by atoms with van der Waals surface area (Å²) < 4.78 is 18.8. The van der Waals surface area contributed by atoms with E-state index in [1.54, 1.807) is 56.1 Å². The maximum atomic E-state index is 13.4. The van der Waals surface area contributed by atoms with Crippen molar-refractivity contribution in [2.45, 2.75) is 89.4 Å². The van der Waals surface area contributed by atoms with Gasteiger partial charge in [-0.1, -0.05) is 31.0 Å². The van der Waals surface area contributed by atoms with Crippen molar-refractivity contribution in [1.82, 2.24) is 40.7 Å². The number of carbonyl (C=O) groups excluding carboxylic acids is 7. The lowest BCUT2D eigenvalue weighted by molar-refractivity contribution is -0.659. The fourth-order valence-corrected chi connectivity index (χ4v) is 6.73. The van der Waals surface area contributed by atoms with Gasteiger partial charge in [0.2, 0.25) is 36.2 Å². The van der Waals surface area contributed by atoms with Crippen molar-refractivity contribution in [2.75, 3.05) is 37.9 Å². The first-order valence-electron chi connectivity index (χ1n) is 20.1. The molecule has 7 amide bonds. The number of likely N-dealkylation sites (N-methyl/N-ethyl adjacent to an activating group) is 1. The van der Waals surface area contributed by atoms with Crippen LogP contribution in [-0.4, -0.2) is 153 Å². The zero-order chi connectivity index (χ0) is 46.1. The first-order chi connectivity index (χ1) is 29.9. The molecule has 23 nitrogen and oxygen atoms in total.